The average molecular weight is 305 g/mol. The van der Waals surface area contributed by atoms with Crippen LogP contribution in [0.15, 0.2) is 35.9 Å². The Bertz CT molecular complexity index is 618. The summed E-state index contributed by atoms with van der Waals surface area (Å²) in [5, 5.41) is 9.59. The van der Waals surface area contributed by atoms with Crippen LogP contribution in [0.1, 0.15) is 32.0 Å². The molecule has 0 aliphatic carbocycles. The molecule has 0 aromatic carbocycles. The minimum atomic E-state index is -0.837. The largest absolute Gasteiger partial charge is 0.481 e. The van der Waals surface area contributed by atoms with E-state index in [1.54, 1.807) is 12.4 Å². The van der Waals surface area contributed by atoms with Crippen molar-refractivity contribution < 1.29 is 9.90 Å². The molecule has 0 unspecified atom stereocenters. The minimum absolute atomic E-state index is 0.0109. The summed E-state index contributed by atoms with van der Waals surface area (Å²) in [4.78, 5) is 19.2. The molecule has 0 amide bonds. The monoisotopic (exact) mass is 305 g/mol. The molecular weight excluding hydrogens is 286 g/mol. The summed E-state index contributed by atoms with van der Waals surface area (Å²) in [6, 6.07) is 3.91. The number of hydrogen-bond acceptors (Lipinski definition) is 4. The van der Waals surface area contributed by atoms with Crippen molar-refractivity contribution >= 4 is 17.7 Å². The van der Waals surface area contributed by atoms with E-state index in [1.165, 1.54) is 11.8 Å². The second-order valence-electron chi connectivity index (χ2n) is 5.80. The van der Waals surface area contributed by atoms with Crippen molar-refractivity contribution in [1.29, 1.82) is 0 Å². The fourth-order valence-electron chi connectivity index (χ4n) is 2.02. The topological polar surface area (TPSA) is 68.0 Å². The van der Waals surface area contributed by atoms with Crippen LogP contribution in [0.5, 0.6) is 0 Å². The number of carboxylic acids is 1. The highest BCUT2D eigenvalue weighted by atomic mass is 32.2. The lowest BCUT2D eigenvalue weighted by Gasteiger charge is -2.21. The van der Waals surface area contributed by atoms with Crippen LogP contribution in [0.4, 0.5) is 0 Å². The number of nitrogens with zero attached hydrogens (tertiary/aromatic N) is 3. The van der Waals surface area contributed by atoms with Gasteiger partial charge in [-0.2, -0.15) is 0 Å². The number of rotatable bonds is 5. The molecule has 0 saturated heterocycles. The quantitative estimate of drug-likeness (QED) is 0.860. The highest BCUT2D eigenvalue weighted by Crippen LogP contribution is 2.28. The second kappa shape index (κ2) is 6.30. The van der Waals surface area contributed by atoms with Crippen LogP contribution in [0.2, 0.25) is 0 Å². The Labute approximate surface area is 128 Å². The lowest BCUT2D eigenvalue weighted by molar-refractivity contribution is -0.133. The number of carboxylic acid groups (broad SMARTS) is 1. The van der Waals surface area contributed by atoms with Gasteiger partial charge in [-0.3, -0.25) is 9.78 Å². The summed E-state index contributed by atoms with van der Waals surface area (Å²) >= 11 is 1.25. The maximum Gasteiger partial charge on any atom is 0.313 e. The molecular formula is C15H19N3O2S. The summed E-state index contributed by atoms with van der Waals surface area (Å²) in [5.41, 5.74) is 2.15. The van der Waals surface area contributed by atoms with E-state index in [2.05, 4.69) is 35.3 Å². The zero-order valence-electron chi connectivity index (χ0n) is 12.4. The van der Waals surface area contributed by atoms with Crippen LogP contribution in [0.25, 0.3) is 0 Å². The number of carbonyl (C=O) groups is 1. The Morgan fingerprint density at radius 2 is 2.00 bits per heavy atom. The highest BCUT2D eigenvalue weighted by Gasteiger charge is 2.22. The van der Waals surface area contributed by atoms with Crippen molar-refractivity contribution in [3.05, 3.63) is 42.0 Å². The van der Waals surface area contributed by atoms with Crippen molar-refractivity contribution in [3.8, 4) is 0 Å². The standard InChI is InChI=1S/C15H19N3O2S/c1-15(2,3)12-8-17-14(21-10-13(19)20)18(12)9-11-4-6-16-7-5-11/h4-8H,9-10H2,1-3H3,(H,19,20). The van der Waals surface area contributed by atoms with Crippen LogP contribution in [-0.4, -0.2) is 31.4 Å². The molecule has 112 valence electrons. The van der Waals surface area contributed by atoms with E-state index in [9.17, 15) is 4.79 Å². The van der Waals surface area contributed by atoms with Gasteiger partial charge in [-0.1, -0.05) is 32.5 Å². The first-order chi connectivity index (χ1) is 9.88. The normalized spacial score (nSPS) is 11.6. The van der Waals surface area contributed by atoms with E-state index in [-0.39, 0.29) is 11.2 Å². The molecule has 6 heteroatoms. The predicted molar refractivity (Wildman–Crippen MR) is 82.6 cm³/mol. The summed E-state index contributed by atoms with van der Waals surface area (Å²) in [7, 11) is 0. The van der Waals surface area contributed by atoms with Gasteiger partial charge in [-0.05, 0) is 17.7 Å². The number of hydrogen-bond donors (Lipinski definition) is 1. The fraction of sp³-hybridized carbons (Fsp3) is 0.400. The summed E-state index contributed by atoms with van der Waals surface area (Å²) in [5.74, 6) is -0.826. The summed E-state index contributed by atoms with van der Waals surface area (Å²) < 4.78 is 2.09. The van der Waals surface area contributed by atoms with Gasteiger partial charge in [0.2, 0.25) is 0 Å². The summed E-state index contributed by atoms with van der Waals surface area (Å²) in [6.07, 6.45) is 5.35. The smallest absolute Gasteiger partial charge is 0.313 e. The van der Waals surface area contributed by atoms with Crippen molar-refractivity contribution in [2.45, 2.75) is 37.9 Å². The zero-order valence-corrected chi connectivity index (χ0v) is 13.2. The first-order valence-electron chi connectivity index (χ1n) is 6.67. The van der Waals surface area contributed by atoms with E-state index in [0.29, 0.717) is 6.54 Å². The van der Waals surface area contributed by atoms with Gasteiger partial charge >= 0.3 is 5.97 Å². The van der Waals surface area contributed by atoms with Crippen LogP contribution >= 0.6 is 11.8 Å². The van der Waals surface area contributed by atoms with Crippen LogP contribution in [-0.2, 0) is 16.8 Å². The molecule has 2 rings (SSSR count). The third kappa shape index (κ3) is 4.07. The lowest BCUT2D eigenvalue weighted by Crippen LogP contribution is -2.18. The number of aromatic nitrogens is 3. The Morgan fingerprint density at radius 1 is 1.33 bits per heavy atom. The molecule has 0 aliphatic rings. The van der Waals surface area contributed by atoms with Gasteiger partial charge in [0.1, 0.15) is 0 Å². The summed E-state index contributed by atoms with van der Waals surface area (Å²) in [6.45, 7) is 7.03. The van der Waals surface area contributed by atoms with Crippen molar-refractivity contribution in [1.82, 2.24) is 14.5 Å². The maximum atomic E-state index is 10.8. The number of pyridine rings is 1. The van der Waals surface area contributed by atoms with Crippen molar-refractivity contribution in [2.24, 2.45) is 0 Å². The van der Waals surface area contributed by atoms with E-state index >= 15 is 0 Å². The van der Waals surface area contributed by atoms with Crippen molar-refractivity contribution in [3.63, 3.8) is 0 Å². The SMILES string of the molecule is CC(C)(C)c1cnc(SCC(=O)O)n1Cc1ccncc1. The Morgan fingerprint density at radius 3 is 2.57 bits per heavy atom. The molecule has 0 atom stereocenters. The Hall–Kier alpha value is -1.82. The van der Waals surface area contributed by atoms with Gasteiger partial charge in [0.25, 0.3) is 0 Å². The second-order valence-corrected chi connectivity index (χ2v) is 6.74. The molecule has 5 nitrogen and oxygen atoms in total. The highest BCUT2D eigenvalue weighted by molar-refractivity contribution is 7.99. The molecule has 2 aromatic rings. The molecule has 2 aromatic heterocycles. The van der Waals surface area contributed by atoms with Crippen LogP contribution < -0.4 is 0 Å². The average Bonchev–Trinajstić information content (AvgIpc) is 2.80. The van der Waals surface area contributed by atoms with E-state index in [4.69, 9.17) is 5.11 Å². The zero-order chi connectivity index (χ0) is 15.5. The van der Waals surface area contributed by atoms with Gasteiger partial charge in [0.15, 0.2) is 5.16 Å². The van der Waals surface area contributed by atoms with Crippen LogP contribution in [0.3, 0.4) is 0 Å². The molecule has 0 fully saturated rings. The molecule has 0 spiro atoms. The molecule has 1 N–H and O–H groups in total. The van der Waals surface area contributed by atoms with Gasteiger partial charge < -0.3 is 9.67 Å². The van der Waals surface area contributed by atoms with Gasteiger partial charge in [-0.25, -0.2) is 4.98 Å². The fourth-order valence-corrected chi connectivity index (χ4v) is 2.72. The molecule has 0 saturated carbocycles. The lowest BCUT2D eigenvalue weighted by atomic mass is 9.92. The van der Waals surface area contributed by atoms with Crippen molar-refractivity contribution in [2.75, 3.05) is 5.75 Å². The van der Waals surface area contributed by atoms with Gasteiger partial charge in [-0.15, -0.1) is 0 Å². The van der Waals surface area contributed by atoms with Gasteiger partial charge in [0, 0.05) is 36.2 Å². The third-order valence-electron chi connectivity index (χ3n) is 3.00. The number of imidazole rings is 1. The molecule has 0 bridgehead atoms. The van der Waals surface area contributed by atoms with Gasteiger partial charge in [0.05, 0.1) is 5.75 Å². The molecule has 2 heterocycles. The molecule has 21 heavy (non-hydrogen) atoms. The van der Waals surface area contributed by atoms with E-state index in [1.807, 2.05) is 18.3 Å². The first kappa shape index (κ1) is 15.6. The van der Waals surface area contributed by atoms with Crippen LogP contribution in [0, 0.1) is 0 Å². The minimum Gasteiger partial charge on any atom is -0.481 e. The number of thioether (sulfide) groups is 1. The predicted octanol–water partition coefficient (Wildman–Crippen LogP) is 2.80. The molecule has 0 radical (unpaired) electrons. The Balaban J connectivity index is 2.34. The number of aliphatic carboxylic acids is 1. The first-order valence-corrected chi connectivity index (χ1v) is 7.66. The maximum absolute atomic E-state index is 10.8. The third-order valence-corrected chi connectivity index (χ3v) is 3.98. The van der Waals surface area contributed by atoms with E-state index < -0.39 is 5.97 Å². The Kier molecular flexibility index (Phi) is 4.67. The molecule has 0 aliphatic heterocycles. The van der Waals surface area contributed by atoms with E-state index in [0.717, 1.165) is 16.4 Å².